The van der Waals surface area contributed by atoms with E-state index in [2.05, 4.69) is 20.6 Å². The maximum absolute atomic E-state index is 12.5. The molecule has 0 unspecified atom stereocenters. The minimum atomic E-state index is -0.401. The van der Waals surface area contributed by atoms with Crippen molar-refractivity contribution < 1.29 is 9.59 Å². The molecular weight excluding hydrogens is 364 g/mol. The van der Waals surface area contributed by atoms with Crippen molar-refractivity contribution in [2.75, 3.05) is 5.32 Å². The first-order chi connectivity index (χ1) is 13.0. The third-order valence-electron chi connectivity index (χ3n) is 3.83. The molecule has 0 radical (unpaired) electrons. The number of amides is 2. The molecular formula is C20H17ClN4O2. The second-order valence-electron chi connectivity index (χ2n) is 5.87. The molecule has 0 aliphatic heterocycles. The summed E-state index contributed by atoms with van der Waals surface area (Å²) in [5.41, 5.74) is 2.66. The Bertz CT molecular complexity index is 977. The molecule has 0 spiro atoms. The summed E-state index contributed by atoms with van der Waals surface area (Å²) in [6.45, 7) is 2.17. The molecule has 27 heavy (non-hydrogen) atoms. The number of carbonyl (C=O) groups excluding carboxylic acids is 2. The van der Waals surface area contributed by atoms with Gasteiger partial charge < -0.3 is 10.6 Å². The van der Waals surface area contributed by atoms with E-state index in [9.17, 15) is 9.59 Å². The molecule has 2 N–H and O–H groups in total. The fraction of sp³-hybridized carbons (Fsp3) is 0.100. The second kappa shape index (κ2) is 8.42. The summed E-state index contributed by atoms with van der Waals surface area (Å²) in [6.07, 6.45) is 3.34. The molecule has 136 valence electrons. The molecule has 0 bridgehead atoms. The summed E-state index contributed by atoms with van der Waals surface area (Å²) in [6, 6.07) is 13.6. The number of aromatic nitrogens is 2. The van der Waals surface area contributed by atoms with Crippen LogP contribution in [0.3, 0.4) is 0 Å². The first-order valence-electron chi connectivity index (χ1n) is 8.24. The van der Waals surface area contributed by atoms with E-state index in [1.807, 2.05) is 13.0 Å². The van der Waals surface area contributed by atoms with Gasteiger partial charge in [0.25, 0.3) is 11.8 Å². The van der Waals surface area contributed by atoms with Crippen LogP contribution in [0, 0.1) is 6.92 Å². The molecule has 2 heterocycles. The molecule has 0 saturated heterocycles. The van der Waals surface area contributed by atoms with Gasteiger partial charge in [-0.25, -0.2) is 4.98 Å². The van der Waals surface area contributed by atoms with E-state index in [-0.39, 0.29) is 17.3 Å². The highest BCUT2D eigenvalue weighted by atomic mass is 35.5. The van der Waals surface area contributed by atoms with Crippen molar-refractivity contribution in [2.45, 2.75) is 13.5 Å². The first kappa shape index (κ1) is 18.5. The van der Waals surface area contributed by atoms with Crippen molar-refractivity contribution in [3.05, 3.63) is 88.5 Å². The SMILES string of the molecule is Cc1cc(Cl)ccc1NC(=O)c1cccc(C(=O)NCc2cccnc2)n1. The number of pyridine rings is 2. The van der Waals surface area contributed by atoms with Gasteiger partial charge in [0.2, 0.25) is 0 Å². The Morgan fingerprint density at radius 1 is 1.04 bits per heavy atom. The molecule has 3 rings (SSSR count). The van der Waals surface area contributed by atoms with Gasteiger partial charge in [0.15, 0.2) is 0 Å². The lowest BCUT2D eigenvalue weighted by Crippen LogP contribution is -2.25. The number of anilines is 1. The molecule has 2 aromatic heterocycles. The van der Waals surface area contributed by atoms with Gasteiger partial charge in [-0.05, 0) is 54.4 Å². The van der Waals surface area contributed by atoms with Crippen LogP contribution in [-0.2, 0) is 6.54 Å². The number of rotatable bonds is 5. The van der Waals surface area contributed by atoms with Gasteiger partial charge in [0.1, 0.15) is 11.4 Å². The van der Waals surface area contributed by atoms with Gasteiger partial charge in [0.05, 0.1) is 0 Å². The number of hydrogen-bond acceptors (Lipinski definition) is 4. The predicted octanol–water partition coefficient (Wildman–Crippen LogP) is 3.62. The van der Waals surface area contributed by atoms with Crippen molar-refractivity contribution in [2.24, 2.45) is 0 Å². The van der Waals surface area contributed by atoms with E-state index in [1.54, 1.807) is 54.9 Å². The lowest BCUT2D eigenvalue weighted by atomic mass is 10.2. The molecule has 1 aromatic carbocycles. The van der Waals surface area contributed by atoms with Crippen molar-refractivity contribution in [3.63, 3.8) is 0 Å². The Hall–Kier alpha value is -3.25. The number of aryl methyl sites for hydroxylation is 1. The maximum atomic E-state index is 12.5. The van der Waals surface area contributed by atoms with E-state index in [0.29, 0.717) is 17.3 Å². The van der Waals surface area contributed by atoms with Gasteiger partial charge in [-0.3, -0.25) is 14.6 Å². The van der Waals surface area contributed by atoms with Gasteiger partial charge in [-0.1, -0.05) is 23.7 Å². The van der Waals surface area contributed by atoms with Crippen LogP contribution in [0.15, 0.2) is 60.9 Å². The Morgan fingerprint density at radius 3 is 2.52 bits per heavy atom. The summed E-state index contributed by atoms with van der Waals surface area (Å²) in [7, 11) is 0. The number of carbonyl (C=O) groups is 2. The summed E-state index contributed by atoms with van der Waals surface area (Å²) >= 11 is 5.93. The van der Waals surface area contributed by atoms with Crippen molar-refractivity contribution in [3.8, 4) is 0 Å². The molecule has 0 aliphatic rings. The van der Waals surface area contributed by atoms with Gasteiger partial charge in [-0.15, -0.1) is 0 Å². The van der Waals surface area contributed by atoms with Crippen molar-refractivity contribution >= 4 is 29.1 Å². The van der Waals surface area contributed by atoms with Crippen LogP contribution in [0.5, 0.6) is 0 Å². The predicted molar refractivity (Wildman–Crippen MR) is 104 cm³/mol. The normalized spacial score (nSPS) is 10.3. The molecule has 0 aliphatic carbocycles. The van der Waals surface area contributed by atoms with Gasteiger partial charge in [0, 0.05) is 29.6 Å². The molecule has 3 aromatic rings. The van der Waals surface area contributed by atoms with Crippen LogP contribution in [0.4, 0.5) is 5.69 Å². The lowest BCUT2D eigenvalue weighted by Gasteiger charge is -2.09. The number of benzene rings is 1. The quantitative estimate of drug-likeness (QED) is 0.708. The number of hydrogen-bond donors (Lipinski definition) is 2. The van der Waals surface area contributed by atoms with Crippen LogP contribution >= 0.6 is 11.6 Å². The highest BCUT2D eigenvalue weighted by molar-refractivity contribution is 6.30. The van der Waals surface area contributed by atoms with Crippen LogP contribution in [-0.4, -0.2) is 21.8 Å². The molecule has 2 amide bonds. The number of halogens is 1. The zero-order valence-electron chi connectivity index (χ0n) is 14.6. The van der Waals surface area contributed by atoms with Crippen LogP contribution in [0.25, 0.3) is 0 Å². The Kier molecular flexibility index (Phi) is 5.78. The van der Waals surface area contributed by atoms with Crippen LogP contribution in [0.1, 0.15) is 32.1 Å². The average Bonchev–Trinajstić information content (AvgIpc) is 2.69. The minimum absolute atomic E-state index is 0.151. The lowest BCUT2D eigenvalue weighted by molar-refractivity contribution is 0.0945. The third-order valence-corrected chi connectivity index (χ3v) is 4.06. The van der Waals surface area contributed by atoms with E-state index in [0.717, 1.165) is 11.1 Å². The molecule has 0 saturated carbocycles. The average molecular weight is 381 g/mol. The second-order valence-corrected chi connectivity index (χ2v) is 6.30. The third kappa shape index (κ3) is 4.89. The van der Waals surface area contributed by atoms with Crippen LogP contribution < -0.4 is 10.6 Å². The van der Waals surface area contributed by atoms with E-state index >= 15 is 0 Å². The fourth-order valence-corrected chi connectivity index (χ4v) is 2.64. The summed E-state index contributed by atoms with van der Waals surface area (Å²) < 4.78 is 0. The molecule has 6 nitrogen and oxygen atoms in total. The molecule has 0 fully saturated rings. The smallest absolute Gasteiger partial charge is 0.274 e. The Balaban J connectivity index is 1.68. The maximum Gasteiger partial charge on any atom is 0.274 e. The monoisotopic (exact) mass is 380 g/mol. The highest BCUT2D eigenvalue weighted by Gasteiger charge is 2.13. The summed E-state index contributed by atoms with van der Waals surface area (Å²) in [5.74, 6) is -0.765. The van der Waals surface area contributed by atoms with E-state index in [1.165, 1.54) is 0 Å². The molecule has 0 atom stereocenters. The fourth-order valence-electron chi connectivity index (χ4n) is 2.42. The zero-order chi connectivity index (χ0) is 19.2. The van der Waals surface area contributed by atoms with Crippen molar-refractivity contribution in [1.82, 2.24) is 15.3 Å². The highest BCUT2D eigenvalue weighted by Crippen LogP contribution is 2.20. The van der Waals surface area contributed by atoms with Gasteiger partial charge in [-0.2, -0.15) is 0 Å². The van der Waals surface area contributed by atoms with Crippen LogP contribution in [0.2, 0.25) is 5.02 Å². The largest absolute Gasteiger partial charge is 0.347 e. The van der Waals surface area contributed by atoms with E-state index < -0.39 is 5.91 Å². The standard InChI is InChI=1S/C20H17ClN4O2/c1-13-10-15(21)7-8-16(13)25-20(27)18-6-2-5-17(24-18)19(26)23-12-14-4-3-9-22-11-14/h2-11H,12H2,1H3,(H,23,26)(H,25,27). The zero-order valence-corrected chi connectivity index (χ0v) is 15.3. The first-order valence-corrected chi connectivity index (χ1v) is 8.62. The topological polar surface area (TPSA) is 84.0 Å². The van der Waals surface area contributed by atoms with Gasteiger partial charge >= 0.3 is 0 Å². The summed E-state index contributed by atoms with van der Waals surface area (Å²) in [4.78, 5) is 32.9. The Morgan fingerprint density at radius 2 is 1.81 bits per heavy atom. The number of nitrogens with one attached hydrogen (secondary N) is 2. The summed E-state index contributed by atoms with van der Waals surface area (Å²) in [5, 5.41) is 6.13. The minimum Gasteiger partial charge on any atom is -0.347 e. The number of nitrogens with zero attached hydrogens (tertiary/aromatic N) is 2. The Labute approximate surface area is 161 Å². The van der Waals surface area contributed by atoms with Crippen molar-refractivity contribution in [1.29, 1.82) is 0 Å². The molecule has 7 heteroatoms. The van der Waals surface area contributed by atoms with E-state index in [4.69, 9.17) is 11.6 Å².